The highest BCUT2D eigenvalue weighted by atomic mass is 32.1. The van der Waals surface area contributed by atoms with Gasteiger partial charge in [-0.05, 0) is 17.5 Å². The van der Waals surface area contributed by atoms with Crippen molar-refractivity contribution in [3.05, 3.63) is 36.0 Å². The van der Waals surface area contributed by atoms with Gasteiger partial charge in [0.1, 0.15) is 11.2 Å². The molecule has 0 radical (unpaired) electrons. The second-order valence-electron chi connectivity index (χ2n) is 6.18. The van der Waals surface area contributed by atoms with Crippen LogP contribution in [-0.2, 0) is 9.47 Å². The van der Waals surface area contributed by atoms with Gasteiger partial charge in [0.25, 0.3) is 0 Å². The second-order valence-corrected chi connectivity index (χ2v) is 7.13. The van der Waals surface area contributed by atoms with Crippen LogP contribution in [0, 0.1) is 0 Å². The summed E-state index contributed by atoms with van der Waals surface area (Å²) in [6.07, 6.45) is 5.48. The molecule has 0 unspecified atom stereocenters. The zero-order chi connectivity index (χ0) is 16.0. The Morgan fingerprint density at radius 1 is 1.17 bits per heavy atom. The van der Waals surface area contributed by atoms with Crippen LogP contribution >= 0.6 is 11.3 Å². The molecule has 5 rings (SSSR count). The Bertz CT molecular complexity index is 845. The molecule has 0 aliphatic carbocycles. The minimum absolute atomic E-state index is 0.357. The largest absolute Gasteiger partial charge is 0.354 e. The molecule has 3 aromatic heterocycles. The molecule has 2 fully saturated rings. The first-order valence-corrected chi connectivity index (χ1v) is 9.12. The van der Waals surface area contributed by atoms with E-state index in [1.165, 1.54) is 4.88 Å². The number of hydrogen-bond donors (Lipinski definition) is 0. The molecule has 0 N–H and O–H groups in total. The number of rotatable bonds is 2. The van der Waals surface area contributed by atoms with Crippen molar-refractivity contribution in [1.29, 1.82) is 0 Å². The Morgan fingerprint density at radius 2 is 2.00 bits per heavy atom. The first-order chi connectivity index (χ1) is 11.8. The van der Waals surface area contributed by atoms with Crippen molar-refractivity contribution in [3.8, 4) is 10.6 Å². The lowest BCUT2D eigenvalue weighted by molar-refractivity contribution is -0.169. The first kappa shape index (κ1) is 14.4. The highest BCUT2D eigenvalue weighted by molar-refractivity contribution is 7.13. The summed E-state index contributed by atoms with van der Waals surface area (Å²) in [6, 6.07) is 6.27. The average Bonchev–Trinajstić information content (AvgIpc) is 3.35. The van der Waals surface area contributed by atoms with Crippen LogP contribution in [0.15, 0.2) is 36.0 Å². The highest BCUT2D eigenvalue weighted by Crippen LogP contribution is 2.34. The minimum atomic E-state index is -0.357. The summed E-state index contributed by atoms with van der Waals surface area (Å²) in [5.74, 6) is 0.630. The zero-order valence-electron chi connectivity index (χ0n) is 13.2. The normalized spacial score (nSPS) is 20.2. The molecule has 0 aromatic carbocycles. The fourth-order valence-electron chi connectivity index (χ4n) is 3.54. The molecule has 0 saturated carbocycles. The Morgan fingerprint density at radius 3 is 2.75 bits per heavy atom. The molecule has 0 bridgehead atoms. The van der Waals surface area contributed by atoms with E-state index < -0.39 is 0 Å². The van der Waals surface area contributed by atoms with Gasteiger partial charge in [-0.1, -0.05) is 6.07 Å². The predicted octanol–water partition coefficient (Wildman–Crippen LogP) is 2.80. The molecule has 3 aromatic rings. The molecule has 6 nitrogen and oxygen atoms in total. The zero-order valence-corrected chi connectivity index (χ0v) is 14.0. The third-order valence-electron chi connectivity index (χ3n) is 4.78. The molecule has 0 atom stereocenters. The maximum absolute atomic E-state index is 5.82. The number of ether oxygens (including phenoxy) is 2. The van der Waals surface area contributed by atoms with E-state index in [-0.39, 0.29) is 5.79 Å². The van der Waals surface area contributed by atoms with E-state index in [4.69, 9.17) is 14.6 Å². The fraction of sp³-hybridized carbons (Fsp3) is 0.412. The summed E-state index contributed by atoms with van der Waals surface area (Å²) >= 11 is 1.70. The van der Waals surface area contributed by atoms with Gasteiger partial charge in [-0.15, -0.1) is 11.3 Å². The summed E-state index contributed by atoms with van der Waals surface area (Å²) in [6.45, 7) is 3.18. The van der Waals surface area contributed by atoms with Crippen molar-refractivity contribution in [2.24, 2.45) is 0 Å². The molecule has 7 heteroatoms. The molecule has 2 saturated heterocycles. The first-order valence-electron chi connectivity index (χ1n) is 8.24. The number of piperidine rings is 1. The Labute approximate surface area is 143 Å². The summed E-state index contributed by atoms with van der Waals surface area (Å²) in [5.41, 5.74) is 2.04. The van der Waals surface area contributed by atoms with Gasteiger partial charge >= 0.3 is 0 Å². The molecular formula is C17H18N4O2S. The predicted molar refractivity (Wildman–Crippen MR) is 92.4 cm³/mol. The van der Waals surface area contributed by atoms with Gasteiger partial charge in [0.05, 0.1) is 18.1 Å². The van der Waals surface area contributed by atoms with Crippen LogP contribution in [0.1, 0.15) is 12.8 Å². The third-order valence-corrected chi connectivity index (χ3v) is 5.67. The van der Waals surface area contributed by atoms with Gasteiger partial charge in [-0.25, -0.2) is 9.50 Å². The van der Waals surface area contributed by atoms with E-state index in [0.29, 0.717) is 13.2 Å². The van der Waals surface area contributed by atoms with Gasteiger partial charge in [-0.2, -0.15) is 5.10 Å². The van der Waals surface area contributed by atoms with Crippen molar-refractivity contribution in [2.45, 2.75) is 18.6 Å². The van der Waals surface area contributed by atoms with E-state index in [1.807, 2.05) is 16.9 Å². The van der Waals surface area contributed by atoms with Gasteiger partial charge in [0, 0.05) is 38.3 Å². The van der Waals surface area contributed by atoms with Crippen molar-refractivity contribution in [1.82, 2.24) is 14.6 Å². The number of fused-ring (bicyclic) bond motifs is 1. The quantitative estimate of drug-likeness (QED) is 0.717. The summed E-state index contributed by atoms with van der Waals surface area (Å²) in [5, 5.41) is 6.77. The molecule has 0 amide bonds. The van der Waals surface area contributed by atoms with Crippen LogP contribution in [0.2, 0.25) is 0 Å². The van der Waals surface area contributed by atoms with E-state index in [2.05, 4.69) is 33.5 Å². The van der Waals surface area contributed by atoms with Crippen LogP contribution in [0.3, 0.4) is 0 Å². The third kappa shape index (κ3) is 2.31. The number of nitrogens with zero attached hydrogens (tertiary/aromatic N) is 4. The maximum Gasteiger partial charge on any atom is 0.171 e. The summed E-state index contributed by atoms with van der Waals surface area (Å²) in [4.78, 5) is 8.11. The Balaban J connectivity index is 1.46. The smallest absolute Gasteiger partial charge is 0.171 e. The molecule has 24 heavy (non-hydrogen) atoms. The maximum atomic E-state index is 5.82. The summed E-state index contributed by atoms with van der Waals surface area (Å²) in [7, 11) is 0. The van der Waals surface area contributed by atoms with Gasteiger partial charge in [0.2, 0.25) is 0 Å². The molecule has 1 spiro atoms. The topological polar surface area (TPSA) is 51.9 Å². The van der Waals surface area contributed by atoms with Gasteiger partial charge < -0.3 is 14.4 Å². The van der Waals surface area contributed by atoms with E-state index in [9.17, 15) is 0 Å². The Kier molecular flexibility index (Phi) is 3.32. The Hall–Kier alpha value is -1.96. The monoisotopic (exact) mass is 342 g/mol. The SMILES string of the molecule is c1csc(-c2cc3c(N4CCC5(CC4)OCCO5)nccn3n2)c1. The average molecular weight is 342 g/mol. The number of aromatic nitrogens is 3. The van der Waals surface area contributed by atoms with Crippen LogP contribution < -0.4 is 4.90 Å². The fourth-order valence-corrected chi connectivity index (χ4v) is 4.22. The van der Waals surface area contributed by atoms with E-state index in [1.54, 1.807) is 11.3 Å². The molecular weight excluding hydrogens is 324 g/mol. The van der Waals surface area contributed by atoms with Crippen LogP contribution in [-0.4, -0.2) is 46.7 Å². The van der Waals surface area contributed by atoms with E-state index >= 15 is 0 Å². The lowest BCUT2D eigenvalue weighted by Gasteiger charge is -2.38. The van der Waals surface area contributed by atoms with Crippen LogP contribution in [0.25, 0.3) is 16.1 Å². The summed E-state index contributed by atoms with van der Waals surface area (Å²) < 4.78 is 13.6. The molecule has 2 aliphatic rings. The van der Waals surface area contributed by atoms with Crippen molar-refractivity contribution >= 4 is 22.7 Å². The number of hydrogen-bond acceptors (Lipinski definition) is 6. The lowest BCUT2D eigenvalue weighted by Crippen LogP contribution is -2.45. The standard InChI is InChI=1S/C17H18N4O2S/c1-2-15(24-11-1)13-12-14-16(18-5-8-21(14)19-13)20-6-3-17(4-7-20)22-9-10-23-17/h1-2,5,8,11-12H,3-4,6-7,9-10H2. The van der Waals surface area contributed by atoms with Crippen molar-refractivity contribution in [2.75, 3.05) is 31.2 Å². The van der Waals surface area contributed by atoms with Crippen molar-refractivity contribution < 1.29 is 9.47 Å². The van der Waals surface area contributed by atoms with Gasteiger partial charge in [-0.3, -0.25) is 0 Å². The highest BCUT2D eigenvalue weighted by Gasteiger charge is 2.40. The van der Waals surface area contributed by atoms with Crippen molar-refractivity contribution in [3.63, 3.8) is 0 Å². The minimum Gasteiger partial charge on any atom is -0.354 e. The van der Waals surface area contributed by atoms with Gasteiger partial charge in [0.15, 0.2) is 11.6 Å². The molecule has 124 valence electrons. The van der Waals surface area contributed by atoms with Crippen LogP contribution in [0.5, 0.6) is 0 Å². The van der Waals surface area contributed by atoms with Crippen LogP contribution in [0.4, 0.5) is 5.82 Å². The number of thiophene rings is 1. The molecule has 5 heterocycles. The number of anilines is 1. The molecule has 2 aliphatic heterocycles. The van der Waals surface area contributed by atoms with E-state index in [0.717, 1.165) is 43.0 Å². The second kappa shape index (κ2) is 5.54. The lowest BCUT2D eigenvalue weighted by atomic mass is 10.0.